The highest BCUT2D eigenvalue weighted by Crippen LogP contribution is 2.15. The molecule has 2 nitrogen and oxygen atoms in total. The van der Waals surface area contributed by atoms with Crippen LogP contribution in [0.5, 0.6) is 0 Å². The number of anilines is 1. The summed E-state index contributed by atoms with van der Waals surface area (Å²) in [6, 6.07) is 18.3. The average Bonchev–Trinajstić information content (AvgIpc) is 2.42. The Balaban J connectivity index is 1.93. The number of halogens is 1. The van der Waals surface area contributed by atoms with Crippen LogP contribution >= 0.6 is 28.1 Å². The monoisotopic (exact) mass is 334 g/mol. The molecule has 0 amide bonds. The molecule has 0 spiro atoms. The summed E-state index contributed by atoms with van der Waals surface area (Å²) in [4.78, 5) is 0. The van der Waals surface area contributed by atoms with Gasteiger partial charge in [0.05, 0.1) is 6.04 Å². The summed E-state index contributed by atoms with van der Waals surface area (Å²) in [5.74, 6) is 0. The van der Waals surface area contributed by atoms with Crippen molar-refractivity contribution in [3.8, 4) is 0 Å². The van der Waals surface area contributed by atoms with Gasteiger partial charge < -0.3 is 10.6 Å². The van der Waals surface area contributed by atoms with E-state index in [4.69, 9.17) is 12.2 Å². The van der Waals surface area contributed by atoms with Crippen molar-refractivity contribution in [3.63, 3.8) is 0 Å². The maximum Gasteiger partial charge on any atom is 0.171 e. The molecular formula is C15H15BrN2S. The number of thiocarbonyl (C=S) groups is 1. The molecule has 0 unspecified atom stereocenters. The minimum atomic E-state index is 0.177. The number of nitrogens with one attached hydrogen (secondary N) is 2. The minimum absolute atomic E-state index is 0.177. The summed E-state index contributed by atoms with van der Waals surface area (Å²) in [5, 5.41) is 7.06. The van der Waals surface area contributed by atoms with E-state index in [-0.39, 0.29) is 6.04 Å². The summed E-state index contributed by atoms with van der Waals surface area (Å²) in [6.45, 7) is 2.09. The molecule has 98 valence electrons. The van der Waals surface area contributed by atoms with Crippen LogP contribution in [0.1, 0.15) is 18.5 Å². The molecule has 19 heavy (non-hydrogen) atoms. The van der Waals surface area contributed by atoms with Crippen molar-refractivity contribution in [1.29, 1.82) is 0 Å². The van der Waals surface area contributed by atoms with Gasteiger partial charge in [0.25, 0.3) is 0 Å². The Labute approximate surface area is 127 Å². The third-order valence-electron chi connectivity index (χ3n) is 2.75. The van der Waals surface area contributed by atoms with Gasteiger partial charge in [-0.1, -0.05) is 46.3 Å². The molecule has 0 radical (unpaired) electrons. The fraction of sp³-hybridized carbons (Fsp3) is 0.133. The molecule has 2 N–H and O–H groups in total. The molecule has 4 heteroatoms. The standard InChI is InChI=1S/C15H15BrN2S/c1-11(12-5-3-2-4-6-12)17-15(19)18-14-9-7-13(16)8-10-14/h2-11H,1H3,(H2,17,18,19)/t11-/m1/s1. The average molecular weight is 335 g/mol. The predicted molar refractivity (Wildman–Crippen MR) is 88.4 cm³/mol. The minimum Gasteiger partial charge on any atom is -0.356 e. The lowest BCUT2D eigenvalue weighted by Crippen LogP contribution is -2.30. The Kier molecular flexibility index (Phi) is 4.93. The number of benzene rings is 2. The Bertz CT molecular complexity index is 540. The molecule has 0 bridgehead atoms. The van der Waals surface area contributed by atoms with Crippen molar-refractivity contribution in [3.05, 3.63) is 64.6 Å². The van der Waals surface area contributed by atoms with E-state index in [1.165, 1.54) is 5.56 Å². The molecule has 2 aromatic rings. The second-order valence-electron chi connectivity index (χ2n) is 4.24. The van der Waals surface area contributed by atoms with Crippen LogP contribution in [0.25, 0.3) is 0 Å². The van der Waals surface area contributed by atoms with Crippen LogP contribution in [0.4, 0.5) is 5.69 Å². The first-order chi connectivity index (χ1) is 9.15. The van der Waals surface area contributed by atoms with Crippen molar-refractivity contribution >= 4 is 38.9 Å². The molecule has 2 rings (SSSR count). The predicted octanol–water partition coefficient (Wildman–Crippen LogP) is 4.50. The topological polar surface area (TPSA) is 24.1 Å². The van der Waals surface area contributed by atoms with E-state index in [0.717, 1.165) is 10.2 Å². The van der Waals surface area contributed by atoms with Crippen molar-refractivity contribution < 1.29 is 0 Å². The second kappa shape index (κ2) is 6.68. The lowest BCUT2D eigenvalue weighted by Gasteiger charge is -2.17. The molecule has 0 aliphatic carbocycles. The van der Waals surface area contributed by atoms with Crippen LogP contribution in [0, 0.1) is 0 Å². The first kappa shape index (κ1) is 14.0. The van der Waals surface area contributed by atoms with Gasteiger partial charge >= 0.3 is 0 Å². The fourth-order valence-electron chi connectivity index (χ4n) is 1.72. The van der Waals surface area contributed by atoms with E-state index >= 15 is 0 Å². The van der Waals surface area contributed by atoms with Crippen LogP contribution in [0.3, 0.4) is 0 Å². The summed E-state index contributed by atoms with van der Waals surface area (Å²) in [5.41, 5.74) is 2.18. The Morgan fingerprint density at radius 1 is 1.05 bits per heavy atom. The molecule has 0 aliphatic rings. The van der Waals surface area contributed by atoms with Crippen LogP contribution in [-0.2, 0) is 0 Å². The van der Waals surface area contributed by atoms with Gasteiger partial charge in [0.15, 0.2) is 5.11 Å². The first-order valence-corrected chi connectivity index (χ1v) is 7.23. The third kappa shape index (κ3) is 4.33. The molecule has 0 aliphatic heterocycles. The van der Waals surface area contributed by atoms with Gasteiger partial charge in [-0.3, -0.25) is 0 Å². The zero-order valence-corrected chi connectivity index (χ0v) is 13.0. The van der Waals surface area contributed by atoms with E-state index in [9.17, 15) is 0 Å². The number of hydrogen-bond acceptors (Lipinski definition) is 1. The normalized spacial score (nSPS) is 11.7. The van der Waals surface area contributed by atoms with E-state index in [2.05, 4.69) is 45.6 Å². The molecule has 1 atom stereocenters. The number of rotatable bonds is 3. The Morgan fingerprint density at radius 2 is 1.68 bits per heavy atom. The Hall–Kier alpha value is -1.39. The lowest BCUT2D eigenvalue weighted by molar-refractivity contribution is 0.722. The molecule has 0 saturated carbocycles. The quantitative estimate of drug-likeness (QED) is 0.808. The van der Waals surface area contributed by atoms with Gasteiger partial charge in [-0.2, -0.15) is 0 Å². The SMILES string of the molecule is C[C@@H](NC(=S)Nc1ccc(Br)cc1)c1ccccc1. The second-order valence-corrected chi connectivity index (χ2v) is 5.56. The zero-order chi connectivity index (χ0) is 13.7. The highest BCUT2D eigenvalue weighted by molar-refractivity contribution is 9.10. The Morgan fingerprint density at radius 3 is 2.32 bits per heavy atom. The molecular weight excluding hydrogens is 320 g/mol. The van der Waals surface area contributed by atoms with E-state index in [0.29, 0.717) is 5.11 Å². The van der Waals surface area contributed by atoms with Crippen LogP contribution in [0.2, 0.25) is 0 Å². The van der Waals surface area contributed by atoms with E-state index in [1.54, 1.807) is 0 Å². The van der Waals surface area contributed by atoms with Crippen LogP contribution in [0.15, 0.2) is 59.1 Å². The van der Waals surface area contributed by atoms with Crippen molar-refractivity contribution in [1.82, 2.24) is 5.32 Å². The highest BCUT2D eigenvalue weighted by Gasteiger charge is 2.06. The first-order valence-electron chi connectivity index (χ1n) is 6.03. The summed E-state index contributed by atoms with van der Waals surface area (Å²) >= 11 is 8.72. The number of hydrogen-bond donors (Lipinski definition) is 2. The summed E-state index contributed by atoms with van der Waals surface area (Å²) < 4.78 is 1.05. The van der Waals surface area contributed by atoms with Crippen molar-refractivity contribution in [2.75, 3.05) is 5.32 Å². The molecule has 0 heterocycles. The largest absolute Gasteiger partial charge is 0.356 e. The van der Waals surface area contributed by atoms with Gasteiger partial charge in [0.1, 0.15) is 0 Å². The van der Waals surface area contributed by atoms with Crippen molar-refractivity contribution in [2.45, 2.75) is 13.0 Å². The van der Waals surface area contributed by atoms with Gasteiger partial charge in [-0.15, -0.1) is 0 Å². The summed E-state index contributed by atoms with van der Waals surface area (Å²) in [6.07, 6.45) is 0. The molecule has 0 saturated heterocycles. The molecule has 0 fully saturated rings. The molecule has 0 aromatic heterocycles. The maximum atomic E-state index is 5.31. The van der Waals surface area contributed by atoms with E-state index in [1.807, 2.05) is 42.5 Å². The lowest BCUT2D eigenvalue weighted by atomic mass is 10.1. The van der Waals surface area contributed by atoms with Gasteiger partial charge in [-0.25, -0.2) is 0 Å². The van der Waals surface area contributed by atoms with Crippen molar-refractivity contribution in [2.24, 2.45) is 0 Å². The maximum absolute atomic E-state index is 5.31. The molecule has 2 aromatic carbocycles. The van der Waals surface area contributed by atoms with Crippen LogP contribution < -0.4 is 10.6 Å². The summed E-state index contributed by atoms with van der Waals surface area (Å²) in [7, 11) is 0. The van der Waals surface area contributed by atoms with E-state index < -0.39 is 0 Å². The zero-order valence-electron chi connectivity index (χ0n) is 10.6. The van der Waals surface area contributed by atoms with Gasteiger partial charge in [0, 0.05) is 10.2 Å². The smallest absolute Gasteiger partial charge is 0.171 e. The highest BCUT2D eigenvalue weighted by atomic mass is 79.9. The van der Waals surface area contributed by atoms with Gasteiger partial charge in [-0.05, 0) is 49.0 Å². The fourth-order valence-corrected chi connectivity index (χ4v) is 2.28. The van der Waals surface area contributed by atoms with Gasteiger partial charge in [0.2, 0.25) is 0 Å². The van der Waals surface area contributed by atoms with Crippen LogP contribution in [-0.4, -0.2) is 5.11 Å². The third-order valence-corrected chi connectivity index (χ3v) is 3.50.